The number of hydrogen-bond donors (Lipinski definition) is 2. The van der Waals surface area contributed by atoms with Gasteiger partial charge in [-0.05, 0) is 64.3 Å². The molecule has 5 heteroatoms. The van der Waals surface area contributed by atoms with E-state index in [1.165, 1.54) is 19.3 Å². The summed E-state index contributed by atoms with van der Waals surface area (Å²) in [6.45, 7) is 6.58. The van der Waals surface area contributed by atoms with Crippen LogP contribution in [0.1, 0.15) is 45.6 Å². The van der Waals surface area contributed by atoms with Crippen molar-refractivity contribution in [3.8, 4) is 0 Å². The van der Waals surface area contributed by atoms with Crippen molar-refractivity contribution in [2.45, 2.75) is 58.1 Å². The maximum Gasteiger partial charge on any atom is 0.412 e. The van der Waals surface area contributed by atoms with E-state index in [0.29, 0.717) is 16.8 Å². The number of ether oxygens (including phenoxy) is 1. The monoisotopic (exact) mass is 324 g/mol. The van der Waals surface area contributed by atoms with Gasteiger partial charge in [-0.1, -0.05) is 24.1 Å². The summed E-state index contributed by atoms with van der Waals surface area (Å²) in [7, 11) is 0. The molecule has 2 N–H and O–H groups in total. The summed E-state index contributed by atoms with van der Waals surface area (Å²) >= 11 is 6.17. The molecule has 1 aliphatic heterocycles. The summed E-state index contributed by atoms with van der Waals surface area (Å²) in [4.78, 5) is 11.9. The highest BCUT2D eigenvalue weighted by Gasteiger charge is 2.18. The minimum Gasteiger partial charge on any atom is -0.444 e. The molecule has 1 atom stereocenters. The highest BCUT2D eigenvalue weighted by atomic mass is 35.5. The Labute approximate surface area is 137 Å². The molecule has 122 valence electrons. The molecule has 22 heavy (non-hydrogen) atoms. The molecule has 1 aliphatic rings. The number of amides is 1. The van der Waals surface area contributed by atoms with E-state index < -0.39 is 11.7 Å². The number of carbonyl (C=O) groups is 1. The standard InChI is InChI=1S/C17H25ClN2O2/c1-17(2,3)22-16(21)20-15-11-12(7-8-14(15)18)10-13-6-4-5-9-19-13/h7-8,11,13,19H,4-6,9-10H2,1-3H3,(H,20,21). The third-order valence-corrected chi connectivity index (χ3v) is 3.89. The summed E-state index contributed by atoms with van der Waals surface area (Å²) in [5.74, 6) is 0. The lowest BCUT2D eigenvalue weighted by Crippen LogP contribution is -2.35. The summed E-state index contributed by atoms with van der Waals surface area (Å²) < 4.78 is 5.27. The van der Waals surface area contributed by atoms with E-state index >= 15 is 0 Å². The highest BCUT2D eigenvalue weighted by molar-refractivity contribution is 6.33. The van der Waals surface area contributed by atoms with Gasteiger partial charge in [-0.3, -0.25) is 5.32 Å². The van der Waals surface area contributed by atoms with Gasteiger partial charge in [-0.15, -0.1) is 0 Å². The molecule has 1 unspecified atom stereocenters. The summed E-state index contributed by atoms with van der Waals surface area (Å²) in [6, 6.07) is 6.28. The van der Waals surface area contributed by atoms with E-state index in [4.69, 9.17) is 16.3 Å². The van der Waals surface area contributed by atoms with Gasteiger partial charge in [0.15, 0.2) is 0 Å². The van der Waals surface area contributed by atoms with Gasteiger partial charge < -0.3 is 10.1 Å². The largest absolute Gasteiger partial charge is 0.444 e. The van der Waals surface area contributed by atoms with Crippen LogP contribution in [0.5, 0.6) is 0 Å². The number of piperidine rings is 1. The molecule has 0 aliphatic carbocycles. The highest BCUT2D eigenvalue weighted by Crippen LogP contribution is 2.25. The van der Waals surface area contributed by atoms with Gasteiger partial charge in [-0.2, -0.15) is 0 Å². The van der Waals surface area contributed by atoms with Crippen molar-refractivity contribution in [1.82, 2.24) is 5.32 Å². The Bertz CT molecular complexity index is 520. The van der Waals surface area contributed by atoms with Gasteiger partial charge in [0.05, 0.1) is 10.7 Å². The van der Waals surface area contributed by atoms with Crippen LogP contribution in [0.2, 0.25) is 5.02 Å². The van der Waals surface area contributed by atoms with Crippen LogP contribution in [0, 0.1) is 0 Å². The fraction of sp³-hybridized carbons (Fsp3) is 0.588. The van der Waals surface area contributed by atoms with Crippen LogP contribution >= 0.6 is 11.6 Å². The van der Waals surface area contributed by atoms with Crippen LogP contribution in [-0.2, 0) is 11.2 Å². The molecule has 1 aromatic carbocycles. The summed E-state index contributed by atoms with van der Waals surface area (Å²) in [5, 5.41) is 6.78. The Morgan fingerprint density at radius 1 is 1.41 bits per heavy atom. The number of benzene rings is 1. The van der Waals surface area contributed by atoms with Crippen molar-refractivity contribution in [2.75, 3.05) is 11.9 Å². The lowest BCUT2D eigenvalue weighted by atomic mass is 9.97. The minimum absolute atomic E-state index is 0.484. The summed E-state index contributed by atoms with van der Waals surface area (Å²) in [6.07, 6.45) is 4.18. The SMILES string of the molecule is CC(C)(C)OC(=O)Nc1cc(CC2CCCCN2)ccc1Cl. The second-order valence-electron chi connectivity index (χ2n) is 6.79. The lowest BCUT2D eigenvalue weighted by molar-refractivity contribution is 0.0636. The van der Waals surface area contributed by atoms with E-state index in [1.807, 2.05) is 39.0 Å². The number of rotatable bonds is 3. The fourth-order valence-corrected chi connectivity index (χ4v) is 2.76. The van der Waals surface area contributed by atoms with Gasteiger partial charge in [0.25, 0.3) is 0 Å². The first-order valence-electron chi connectivity index (χ1n) is 7.85. The molecular weight excluding hydrogens is 300 g/mol. The maximum absolute atomic E-state index is 11.9. The Kier molecular flexibility index (Phi) is 5.70. The van der Waals surface area contributed by atoms with Crippen LogP contribution in [0.15, 0.2) is 18.2 Å². The Balaban J connectivity index is 2.01. The van der Waals surface area contributed by atoms with Crippen LogP contribution in [0.3, 0.4) is 0 Å². The number of carbonyl (C=O) groups excluding carboxylic acids is 1. The zero-order valence-corrected chi connectivity index (χ0v) is 14.3. The molecule has 1 amide bonds. The normalized spacial score (nSPS) is 18.8. The van der Waals surface area contributed by atoms with Gasteiger partial charge in [-0.25, -0.2) is 4.79 Å². The molecule has 1 saturated heterocycles. The molecule has 2 rings (SSSR count). The first-order chi connectivity index (χ1) is 10.3. The Morgan fingerprint density at radius 2 is 2.18 bits per heavy atom. The average molecular weight is 325 g/mol. The van der Waals surface area contributed by atoms with Gasteiger partial charge in [0.2, 0.25) is 0 Å². The van der Waals surface area contributed by atoms with Crippen molar-refractivity contribution >= 4 is 23.4 Å². The van der Waals surface area contributed by atoms with Crippen molar-refractivity contribution in [2.24, 2.45) is 0 Å². The van der Waals surface area contributed by atoms with Crippen LogP contribution < -0.4 is 10.6 Å². The lowest BCUT2D eigenvalue weighted by Gasteiger charge is -2.24. The fourth-order valence-electron chi connectivity index (χ4n) is 2.59. The molecule has 1 heterocycles. The first-order valence-corrected chi connectivity index (χ1v) is 8.23. The van der Waals surface area contributed by atoms with Gasteiger partial charge >= 0.3 is 6.09 Å². The molecule has 4 nitrogen and oxygen atoms in total. The predicted octanol–water partition coefficient (Wildman–Crippen LogP) is 4.37. The molecule has 0 spiro atoms. The maximum atomic E-state index is 11.9. The smallest absolute Gasteiger partial charge is 0.412 e. The minimum atomic E-state index is -0.528. The number of nitrogens with one attached hydrogen (secondary N) is 2. The average Bonchev–Trinajstić information content (AvgIpc) is 2.41. The van der Waals surface area contributed by atoms with E-state index in [1.54, 1.807) is 0 Å². The number of halogens is 1. The molecule has 0 saturated carbocycles. The van der Waals surface area contributed by atoms with Crippen molar-refractivity contribution in [1.29, 1.82) is 0 Å². The second-order valence-corrected chi connectivity index (χ2v) is 7.20. The van der Waals surface area contributed by atoms with Crippen LogP contribution in [-0.4, -0.2) is 24.3 Å². The third kappa shape index (κ3) is 5.50. The van der Waals surface area contributed by atoms with Crippen LogP contribution in [0.4, 0.5) is 10.5 Å². The van der Waals surface area contributed by atoms with E-state index in [0.717, 1.165) is 18.5 Å². The topological polar surface area (TPSA) is 50.4 Å². The third-order valence-electron chi connectivity index (χ3n) is 3.56. The molecule has 1 fully saturated rings. The summed E-state index contributed by atoms with van der Waals surface area (Å²) in [5.41, 5.74) is 1.24. The molecule has 0 aromatic heterocycles. The molecule has 0 bridgehead atoms. The van der Waals surface area contributed by atoms with Gasteiger partial charge in [0.1, 0.15) is 5.60 Å². The van der Waals surface area contributed by atoms with E-state index in [-0.39, 0.29) is 0 Å². The Morgan fingerprint density at radius 3 is 2.82 bits per heavy atom. The second kappa shape index (κ2) is 7.34. The zero-order chi connectivity index (χ0) is 16.2. The molecule has 1 aromatic rings. The quantitative estimate of drug-likeness (QED) is 0.868. The van der Waals surface area contributed by atoms with Crippen molar-refractivity contribution in [3.05, 3.63) is 28.8 Å². The zero-order valence-electron chi connectivity index (χ0n) is 13.5. The van der Waals surface area contributed by atoms with E-state index in [2.05, 4.69) is 10.6 Å². The van der Waals surface area contributed by atoms with E-state index in [9.17, 15) is 4.79 Å². The van der Waals surface area contributed by atoms with Gasteiger partial charge in [0, 0.05) is 6.04 Å². The van der Waals surface area contributed by atoms with Crippen molar-refractivity contribution in [3.63, 3.8) is 0 Å². The molecule has 0 radical (unpaired) electrons. The van der Waals surface area contributed by atoms with Crippen LogP contribution in [0.25, 0.3) is 0 Å². The van der Waals surface area contributed by atoms with Crippen molar-refractivity contribution < 1.29 is 9.53 Å². The predicted molar refractivity (Wildman–Crippen MR) is 90.7 cm³/mol. The Hall–Kier alpha value is -1.26. The first kappa shape index (κ1) is 17.1. The number of anilines is 1. The molecular formula is C17H25ClN2O2. The number of hydrogen-bond acceptors (Lipinski definition) is 3.